The number of rotatable bonds is 9. The highest BCUT2D eigenvalue weighted by atomic mass is 35.5. The molecule has 0 unspecified atom stereocenters. The van der Waals surface area contributed by atoms with Gasteiger partial charge in [-0.3, -0.25) is 0 Å². The number of carbonyl (C=O) groups is 3. The molecule has 1 aromatic carbocycles. The third-order valence-electron chi connectivity index (χ3n) is 4.92. The molecule has 1 heterocycles. The third-order valence-corrected chi connectivity index (χ3v) is 5.27. The zero-order valence-corrected chi connectivity index (χ0v) is 21.7. The van der Waals surface area contributed by atoms with Crippen LogP contribution in [0.3, 0.4) is 0 Å². The number of esters is 2. The van der Waals surface area contributed by atoms with Gasteiger partial charge in [-0.15, -0.1) is 0 Å². The lowest BCUT2D eigenvalue weighted by Crippen LogP contribution is -2.36. The second-order valence-electron chi connectivity index (χ2n) is 8.70. The first-order chi connectivity index (χ1) is 16.5. The molecule has 0 aromatic heterocycles. The van der Waals surface area contributed by atoms with Crippen molar-refractivity contribution in [1.29, 1.82) is 0 Å². The molecule has 35 heavy (non-hydrogen) atoms. The van der Waals surface area contributed by atoms with Gasteiger partial charge < -0.3 is 29.6 Å². The van der Waals surface area contributed by atoms with Crippen LogP contribution in [0.1, 0.15) is 46.1 Å². The number of carbonyl (C=O) groups excluding carboxylic acids is 3. The molecule has 0 bridgehead atoms. The van der Waals surface area contributed by atoms with E-state index in [1.165, 1.54) is 7.11 Å². The fourth-order valence-electron chi connectivity index (χ4n) is 3.57. The van der Waals surface area contributed by atoms with Crippen LogP contribution in [0.4, 0.5) is 4.79 Å². The number of hydrogen-bond acceptors (Lipinski definition) is 8. The van der Waals surface area contributed by atoms with E-state index in [0.29, 0.717) is 22.0 Å². The lowest BCUT2D eigenvalue weighted by Gasteiger charge is -2.31. The number of nitrogens with one attached hydrogen (secondary N) is 2. The third kappa shape index (κ3) is 7.73. The molecule has 2 rings (SSSR count). The Balaban J connectivity index is 2.33. The van der Waals surface area contributed by atoms with E-state index >= 15 is 0 Å². The summed E-state index contributed by atoms with van der Waals surface area (Å²) in [7, 11) is 1.27. The van der Waals surface area contributed by atoms with Gasteiger partial charge in [-0.25, -0.2) is 14.4 Å². The van der Waals surface area contributed by atoms with Crippen molar-refractivity contribution in [2.75, 3.05) is 33.5 Å². The first-order valence-corrected chi connectivity index (χ1v) is 11.6. The van der Waals surface area contributed by atoms with E-state index in [9.17, 15) is 14.4 Å². The van der Waals surface area contributed by atoms with Gasteiger partial charge in [-0.1, -0.05) is 29.8 Å². The Hall–Kier alpha value is -3.04. The number of hydrogen-bond donors (Lipinski definition) is 2. The molecule has 0 spiro atoms. The average molecular weight is 509 g/mol. The Kier molecular flexibility index (Phi) is 10.2. The summed E-state index contributed by atoms with van der Waals surface area (Å²) in [6.45, 7) is 9.22. The molecule has 1 atom stereocenters. The number of benzene rings is 1. The van der Waals surface area contributed by atoms with Gasteiger partial charge in [0, 0.05) is 17.3 Å². The molecular formula is C25H33ClN2O7. The highest BCUT2D eigenvalue weighted by Gasteiger charge is 2.39. The topological polar surface area (TPSA) is 112 Å². The van der Waals surface area contributed by atoms with Crippen molar-refractivity contribution in [3.8, 4) is 0 Å². The van der Waals surface area contributed by atoms with Gasteiger partial charge in [0.1, 0.15) is 5.60 Å². The quantitative estimate of drug-likeness (QED) is 0.294. The van der Waals surface area contributed by atoms with Crippen molar-refractivity contribution in [3.63, 3.8) is 0 Å². The van der Waals surface area contributed by atoms with E-state index in [1.807, 2.05) is 0 Å². The van der Waals surface area contributed by atoms with Crippen LogP contribution in [0.5, 0.6) is 0 Å². The molecule has 0 radical (unpaired) electrons. The van der Waals surface area contributed by atoms with E-state index in [-0.39, 0.29) is 37.5 Å². The SMILES string of the molecule is CCOC(=O)C1=C(COCCNC(=O)OC(C)(C)C)NC(C)=C(C(=O)OC)[C@@H]1c1ccccc1Cl. The van der Waals surface area contributed by atoms with Crippen LogP contribution >= 0.6 is 11.6 Å². The van der Waals surface area contributed by atoms with Crippen molar-refractivity contribution in [1.82, 2.24) is 10.6 Å². The Labute approximate surface area is 210 Å². The minimum Gasteiger partial charge on any atom is -0.466 e. The van der Waals surface area contributed by atoms with Crippen molar-refractivity contribution in [2.45, 2.75) is 46.1 Å². The summed E-state index contributed by atoms with van der Waals surface area (Å²) in [5, 5.41) is 6.09. The smallest absolute Gasteiger partial charge is 0.407 e. The minimum absolute atomic E-state index is 0.00308. The Morgan fingerprint density at radius 2 is 1.80 bits per heavy atom. The van der Waals surface area contributed by atoms with E-state index < -0.39 is 29.6 Å². The summed E-state index contributed by atoms with van der Waals surface area (Å²) >= 11 is 6.48. The van der Waals surface area contributed by atoms with Crippen molar-refractivity contribution in [2.24, 2.45) is 0 Å². The summed E-state index contributed by atoms with van der Waals surface area (Å²) in [4.78, 5) is 37.7. The Bertz CT molecular complexity index is 1010. The fourth-order valence-corrected chi connectivity index (χ4v) is 3.82. The number of amides is 1. The summed E-state index contributed by atoms with van der Waals surface area (Å²) in [5.74, 6) is -2.03. The molecule has 0 saturated heterocycles. The summed E-state index contributed by atoms with van der Waals surface area (Å²) in [6, 6.07) is 6.97. The van der Waals surface area contributed by atoms with Gasteiger partial charge in [0.25, 0.3) is 0 Å². The number of ether oxygens (including phenoxy) is 4. The van der Waals surface area contributed by atoms with Crippen molar-refractivity contribution >= 4 is 29.6 Å². The van der Waals surface area contributed by atoms with Crippen molar-refractivity contribution < 1.29 is 33.3 Å². The standard InChI is InChI=1S/C25H33ClN2O7/c1-7-34-23(30)21-18(14-33-13-12-27-24(31)35-25(3,4)5)28-15(2)19(22(29)32-6)20(21)16-10-8-9-11-17(16)26/h8-11,20,28H,7,12-14H2,1-6H3,(H,27,31)/t20-/m0/s1. The van der Waals surface area contributed by atoms with Crippen LogP contribution in [0, 0.1) is 0 Å². The van der Waals surface area contributed by atoms with Crippen LogP contribution in [-0.4, -0.2) is 57.1 Å². The number of dihydropyridines is 1. The monoisotopic (exact) mass is 508 g/mol. The first kappa shape index (κ1) is 28.2. The van der Waals surface area contributed by atoms with Crippen LogP contribution in [-0.2, 0) is 28.5 Å². The van der Waals surface area contributed by atoms with Gasteiger partial charge in [0.15, 0.2) is 0 Å². The molecule has 1 aliphatic rings. The zero-order valence-electron chi connectivity index (χ0n) is 21.0. The van der Waals surface area contributed by atoms with E-state index in [4.69, 9.17) is 30.5 Å². The normalized spacial score (nSPS) is 15.9. The number of allylic oxidation sites excluding steroid dienone is 1. The maximum Gasteiger partial charge on any atom is 0.407 e. The molecule has 9 nitrogen and oxygen atoms in total. The lowest BCUT2D eigenvalue weighted by molar-refractivity contribution is -0.139. The van der Waals surface area contributed by atoms with Gasteiger partial charge in [0.05, 0.1) is 49.7 Å². The molecule has 0 fully saturated rings. The Morgan fingerprint density at radius 3 is 2.40 bits per heavy atom. The van der Waals surface area contributed by atoms with Gasteiger partial charge in [-0.2, -0.15) is 0 Å². The highest BCUT2D eigenvalue weighted by Crippen LogP contribution is 2.41. The first-order valence-electron chi connectivity index (χ1n) is 11.2. The maximum atomic E-state index is 13.1. The second-order valence-corrected chi connectivity index (χ2v) is 9.11. The second kappa shape index (κ2) is 12.6. The van der Waals surface area contributed by atoms with E-state index in [0.717, 1.165) is 0 Å². The molecular weight excluding hydrogens is 476 g/mol. The van der Waals surface area contributed by atoms with E-state index in [2.05, 4.69) is 10.6 Å². The molecule has 10 heteroatoms. The molecule has 1 aromatic rings. The van der Waals surface area contributed by atoms with Crippen LogP contribution in [0.15, 0.2) is 46.8 Å². The molecule has 192 valence electrons. The van der Waals surface area contributed by atoms with Crippen LogP contribution in [0.2, 0.25) is 5.02 Å². The number of alkyl carbamates (subject to hydrolysis) is 1. The summed E-state index contributed by atoms with van der Waals surface area (Å²) < 4.78 is 21.2. The minimum atomic E-state index is -0.824. The van der Waals surface area contributed by atoms with Gasteiger partial charge >= 0.3 is 18.0 Å². The molecule has 1 amide bonds. The van der Waals surface area contributed by atoms with Gasteiger partial charge in [0.2, 0.25) is 0 Å². The van der Waals surface area contributed by atoms with Crippen LogP contribution in [0.25, 0.3) is 0 Å². The largest absolute Gasteiger partial charge is 0.466 e. The maximum absolute atomic E-state index is 13.1. The highest BCUT2D eigenvalue weighted by molar-refractivity contribution is 6.31. The number of methoxy groups -OCH3 is 1. The zero-order chi connectivity index (χ0) is 26.2. The predicted molar refractivity (Wildman–Crippen MR) is 131 cm³/mol. The number of halogens is 1. The summed E-state index contributed by atoms with van der Waals surface area (Å²) in [6.07, 6.45) is -0.552. The fraction of sp³-hybridized carbons (Fsp3) is 0.480. The molecule has 0 aliphatic carbocycles. The molecule has 2 N–H and O–H groups in total. The lowest BCUT2D eigenvalue weighted by atomic mass is 9.80. The molecule has 1 aliphatic heterocycles. The Morgan fingerprint density at radius 1 is 1.11 bits per heavy atom. The van der Waals surface area contributed by atoms with Crippen LogP contribution < -0.4 is 10.6 Å². The average Bonchev–Trinajstić information content (AvgIpc) is 2.77. The molecule has 0 saturated carbocycles. The van der Waals surface area contributed by atoms with Gasteiger partial charge in [-0.05, 0) is 46.2 Å². The predicted octanol–water partition coefficient (Wildman–Crippen LogP) is 3.83. The summed E-state index contributed by atoms with van der Waals surface area (Å²) in [5.41, 5.74) is 1.33. The van der Waals surface area contributed by atoms with E-state index in [1.54, 1.807) is 58.9 Å². The van der Waals surface area contributed by atoms with Crippen molar-refractivity contribution in [3.05, 3.63) is 57.4 Å².